The number of carboxylic acids is 1. The predicted octanol–water partition coefficient (Wildman–Crippen LogP) is 2.17. The molecule has 1 heterocycles. The third-order valence-electron chi connectivity index (χ3n) is 3.58. The Bertz CT molecular complexity index is 598. The fourth-order valence-electron chi connectivity index (χ4n) is 2.61. The Kier molecular flexibility index (Phi) is 5.66. The quantitative estimate of drug-likeness (QED) is 0.809. The van der Waals surface area contributed by atoms with Crippen molar-refractivity contribution in [1.82, 2.24) is 19.7 Å². The van der Waals surface area contributed by atoms with Crippen LogP contribution in [0.25, 0.3) is 5.69 Å². The van der Waals surface area contributed by atoms with Crippen molar-refractivity contribution in [2.75, 3.05) is 20.1 Å². The van der Waals surface area contributed by atoms with Gasteiger partial charge in [-0.2, -0.15) is 5.10 Å². The first-order chi connectivity index (χ1) is 10.6. The van der Waals surface area contributed by atoms with Crippen LogP contribution >= 0.6 is 0 Å². The van der Waals surface area contributed by atoms with Crippen LogP contribution in [0.2, 0.25) is 0 Å². The van der Waals surface area contributed by atoms with Crippen LogP contribution in [0.5, 0.6) is 0 Å². The maximum atomic E-state index is 11.2. The number of hydrogen-bond donors (Lipinski definition) is 1. The molecule has 0 saturated heterocycles. The number of carboxylic acid groups (broad SMARTS) is 1. The van der Waals surface area contributed by atoms with E-state index < -0.39 is 5.97 Å². The summed E-state index contributed by atoms with van der Waals surface area (Å²) < 4.78 is 1.68. The van der Waals surface area contributed by atoms with Crippen molar-refractivity contribution < 1.29 is 9.90 Å². The SMILES string of the molecule is CCCN(C)C[C@@H](CC(=O)O)c1cccc(-n2cncn2)c1. The summed E-state index contributed by atoms with van der Waals surface area (Å²) >= 11 is 0. The highest BCUT2D eigenvalue weighted by atomic mass is 16.4. The number of aromatic nitrogens is 3. The molecule has 22 heavy (non-hydrogen) atoms. The lowest BCUT2D eigenvalue weighted by Crippen LogP contribution is -2.26. The van der Waals surface area contributed by atoms with Crippen molar-refractivity contribution in [2.45, 2.75) is 25.7 Å². The minimum absolute atomic E-state index is 0.0440. The minimum Gasteiger partial charge on any atom is -0.481 e. The second kappa shape index (κ2) is 7.70. The maximum Gasteiger partial charge on any atom is 0.304 e. The molecule has 2 aromatic rings. The molecule has 0 aliphatic carbocycles. The van der Waals surface area contributed by atoms with Crippen LogP contribution in [0.3, 0.4) is 0 Å². The Labute approximate surface area is 130 Å². The van der Waals surface area contributed by atoms with Crippen LogP contribution in [0.15, 0.2) is 36.9 Å². The number of hydrogen-bond acceptors (Lipinski definition) is 4. The second-order valence-electron chi connectivity index (χ2n) is 5.49. The number of carbonyl (C=O) groups is 1. The molecule has 0 spiro atoms. The van der Waals surface area contributed by atoms with Gasteiger partial charge in [-0.1, -0.05) is 19.1 Å². The number of benzene rings is 1. The molecule has 0 aliphatic heterocycles. The van der Waals surface area contributed by atoms with Crippen molar-refractivity contribution in [3.8, 4) is 5.69 Å². The molecule has 0 saturated carbocycles. The summed E-state index contributed by atoms with van der Waals surface area (Å²) in [5, 5.41) is 13.3. The normalized spacial score (nSPS) is 12.5. The first-order valence-electron chi connectivity index (χ1n) is 7.45. The smallest absolute Gasteiger partial charge is 0.304 e. The van der Waals surface area contributed by atoms with Crippen molar-refractivity contribution in [3.63, 3.8) is 0 Å². The third-order valence-corrected chi connectivity index (χ3v) is 3.58. The Morgan fingerprint density at radius 2 is 2.27 bits per heavy atom. The van der Waals surface area contributed by atoms with Crippen molar-refractivity contribution in [1.29, 1.82) is 0 Å². The Morgan fingerprint density at radius 1 is 1.45 bits per heavy atom. The molecular formula is C16H22N4O2. The zero-order valence-corrected chi connectivity index (χ0v) is 13.0. The van der Waals surface area contributed by atoms with Gasteiger partial charge in [0.05, 0.1) is 12.1 Å². The highest BCUT2D eigenvalue weighted by Crippen LogP contribution is 2.23. The average molecular weight is 302 g/mol. The number of nitrogens with zero attached hydrogens (tertiary/aromatic N) is 4. The zero-order chi connectivity index (χ0) is 15.9. The molecule has 0 unspecified atom stereocenters. The lowest BCUT2D eigenvalue weighted by Gasteiger charge is -2.23. The van der Waals surface area contributed by atoms with Crippen LogP contribution in [-0.4, -0.2) is 50.9 Å². The van der Waals surface area contributed by atoms with Crippen LogP contribution < -0.4 is 0 Å². The first-order valence-corrected chi connectivity index (χ1v) is 7.45. The fourth-order valence-corrected chi connectivity index (χ4v) is 2.61. The first kappa shape index (κ1) is 16.2. The molecule has 0 bridgehead atoms. The van der Waals surface area contributed by atoms with E-state index in [1.165, 1.54) is 6.33 Å². The summed E-state index contributed by atoms with van der Waals surface area (Å²) in [7, 11) is 2.03. The Balaban J connectivity index is 2.22. The topological polar surface area (TPSA) is 71.2 Å². The second-order valence-corrected chi connectivity index (χ2v) is 5.49. The van der Waals surface area contributed by atoms with Crippen LogP contribution in [0.1, 0.15) is 31.2 Å². The molecule has 1 atom stereocenters. The summed E-state index contributed by atoms with van der Waals surface area (Å²) in [4.78, 5) is 17.3. The molecule has 2 rings (SSSR count). The largest absolute Gasteiger partial charge is 0.481 e. The summed E-state index contributed by atoms with van der Waals surface area (Å²) in [6.45, 7) is 3.80. The van der Waals surface area contributed by atoms with E-state index in [-0.39, 0.29) is 12.3 Å². The van der Waals surface area contributed by atoms with Crippen LogP contribution in [0.4, 0.5) is 0 Å². The number of rotatable bonds is 8. The molecule has 0 aliphatic rings. The standard InChI is InChI=1S/C16H22N4O2/c1-3-7-19(2)10-14(9-16(21)22)13-5-4-6-15(8-13)20-12-17-11-18-20/h4-6,8,11-12,14H,3,7,9-10H2,1-2H3,(H,21,22)/t14-/m1/s1. The van der Waals surface area contributed by atoms with E-state index in [1.54, 1.807) is 11.0 Å². The summed E-state index contributed by atoms with van der Waals surface area (Å²) in [5.41, 5.74) is 1.90. The van der Waals surface area contributed by atoms with Crippen molar-refractivity contribution >= 4 is 5.97 Å². The number of aliphatic carboxylic acids is 1. The third kappa shape index (κ3) is 4.39. The van der Waals surface area contributed by atoms with Gasteiger partial charge in [-0.05, 0) is 37.7 Å². The Hall–Kier alpha value is -2.21. The van der Waals surface area contributed by atoms with Gasteiger partial charge in [0.25, 0.3) is 0 Å². The fraction of sp³-hybridized carbons (Fsp3) is 0.438. The van der Waals surface area contributed by atoms with Crippen LogP contribution in [0, 0.1) is 0 Å². The molecule has 1 aromatic heterocycles. The van der Waals surface area contributed by atoms with Gasteiger partial charge < -0.3 is 10.0 Å². The summed E-state index contributed by atoms with van der Waals surface area (Å²) in [6, 6.07) is 7.84. The van der Waals surface area contributed by atoms with Gasteiger partial charge >= 0.3 is 5.97 Å². The Morgan fingerprint density at radius 3 is 2.91 bits per heavy atom. The van der Waals surface area contributed by atoms with E-state index in [2.05, 4.69) is 21.9 Å². The van der Waals surface area contributed by atoms with E-state index in [1.807, 2.05) is 31.3 Å². The van der Waals surface area contributed by atoms with E-state index in [0.29, 0.717) is 0 Å². The minimum atomic E-state index is -0.777. The van der Waals surface area contributed by atoms with E-state index >= 15 is 0 Å². The van der Waals surface area contributed by atoms with Crippen LogP contribution in [-0.2, 0) is 4.79 Å². The van der Waals surface area contributed by atoms with Gasteiger partial charge in [0, 0.05) is 12.5 Å². The van der Waals surface area contributed by atoms with Gasteiger partial charge in [-0.25, -0.2) is 9.67 Å². The molecule has 118 valence electrons. The predicted molar refractivity (Wildman–Crippen MR) is 84.1 cm³/mol. The van der Waals surface area contributed by atoms with E-state index in [0.717, 1.165) is 30.8 Å². The summed E-state index contributed by atoms with van der Waals surface area (Å²) in [5.74, 6) is -0.821. The number of likely N-dealkylation sites (N-methyl/N-ethyl adjacent to an activating group) is 1. The maximum absolute atomic E-state index is 11.2. The van der Waals surface area contributed by atoms with Gasteiger partial charge in [0.15, 0.2) is 0 Å². The molecule has 0 fully saturated rings. The lowest BCUT2D eigenvalue weighted by molar-refractivity contribution is -0.137. The highest BCUT2D eigenvalue weighted by Gasteiger charge is 2.18. The zero-order valence-electron chi connectivity index (χ0n) is 13.0. The highest BCUT2D eigenvalue weighted by molar-refractivity contribution is 5.68. The molecular weight excluding hydrogens is 280 g/mol. The van der Waals surface area contributed by atoms with Gasteiger partial charge in [-0.15, -0.1) is 0 Å². The van der Waals surface area contributed by atoms with E-state index in [4.69, 9.17) is 0 Å². The molecule has 0 radical (unpaired) electrons. The van der Waals surface area contributed by atoms with E-state index in [9.17, 15) is 9.90 Å². The lowest BCUT2D eigenvalue weighted by atomic mass is 9.94. The molecule has 0 amide bonds. The van der Waals surface area contributed by atoms with Crippen molar-refractivity contribution in [2.24, 2.45) is 0 Å². The van der Waals surface area contributed by atoms with Gasteiger partial charge in [0.2, 0.25) is 0 Å². The van der Waals surface area contributed by atoms with Crippen molar-refractivity contribution in [3.05, 3.63) is 42.5 Å². The van der Waals surface area contributed by atoms with Gasteiger partial charge in [-0.3, -0.25) is 4.79 Å². The molecule has 6 nitrogen and oxygen atoms in total. The monoisotopic (exact) mass is 302 g/mol. The molecule has 1 N–H and O–H groups in total. The molecule has 1 aromatic carbocycles. The molecule has 6 heteroatoms. The van der Waals surface area contributed by atoms with Gasteiger partial charge in [0.1, 0.15) is 12.7 Å². The average Bonchev–Trinajstić information content (AvgIpc) is 3.01. The summed E-state index contributed by atoms with van der Waals surface area (Å²) in [6.07, 6.45) is 4.29.